The zero-order chi connectivity index (χ0) is 30.2. The van der Waals surface area contributed by atoms with Gasteiger partial charge in [-0.25, -0.2) is 12.8 Å². The molecule has 0 radical (unpaired) electrons. The third-order valence-corrected chi connectivity index (χ3v) is 10.3. The molecule has 2 atom stereocenters. The van der Waals surface area contributed by atoms with Crippen molar-refractivity contribution in [2.75, 3.05) is 44.2 Å². The Morgan fingerprint density at radius 3 is 2.26 bits per heavy atom. The van der Waals surface area contributed by atoms with E-state index in [-0.39, 0.29) is 25.4 Å². The summed E-state index contributed by atoms with van der Waals surface area (Å²) in [6.07, 6.45) is -4.68. The molecule has 12 heteroatoms. The lowest BCUT2D eigenvalue weighted by molar-refractivity contribution is -0.140. The van der Waals surface area contributed by atoms with Gasteiger partial charge in [-0.05, 0) is 66.8 Å². The molecule has 2 aliphatic rings. The van der Waals surface area contributed by atoms with E-state index in [0.717, 1.165) is 33.8 Å². The molecule has 0 N–H and O–H groups in total. The van der Waals surface area contributed by atoms with Gasteiger partial charge in [0.15, 0.2) is 0 Å². The summed E-state index contributed by atoms with van der Waals surface area (Å²) in [5, 5.41) is 0.604. The van der Waals surface area contributed by atoms with Crippen LogP contribution in [0.2, 0.25) is 5.02 Å². The first kappa shape index (κ1) is 30.3. The lowest BCUT2D eigenvalue weighted by Crippen LogP contribution is -2.54. The average Bonchev–Trinajstić information content (AvgIpc) is 2.98. The van der Waals surface area contributed by atoms with E-state index in [4.69, 9.17) is 11.6 Å². The number of hydrogen-bond acceptors (Lipinski definition) is 4. The van der Waals surface area contributed by atoms with Crippen LogP contribution >= 0.6 is 11.6 Å². The summed E-state index contributed by atoms with van der Waals surface area (Å²) in [5.74, 6) is -2.03. The number of benzene rings is 3. The molecule has 0 aliphatic carbocycles. The fourth-order valence-electron chi connectivity index (χ4n) is 5.89. The molecular formula is C30H30ClF4N3O3S. The summed E-state index contributed by atoms with van der Waals surface area (Å²) in [6, 6.07) is 15.4. The molecule has 0 bridgehead atoms. The van der Waals surface area contributed by atoms with Crippen molar-refractivity contribution in [3.05, 3.63) is 94.3 Å². The van der Waals surface area contributed by atoms with Gasteiger partial charge in [0, 0.05) is 50.0 Å². The van der Waals surface area contributed by atoms with E-state index in [1.807, 2.05) is 25.1 Å². The SMILES string of the molecule is Cc1ccc(Cl)cc1N1CCN(C(=O)[C@@H]2CN(S(=O)(=O)c3ccccc3C(F)(F)F)CC[C@@H]2c2ccc(F)cc2)CC1. The molecule has 6 nitrogen and oxygen atoms in total. The molecule has 2 aliphatic heterocycles. The summed E-state index contributed by atoms with van der Waals surface area (Å²) < 4.78 is 83.0. The highest BCUT2D eigenvalue weighted by atomic mass is 35.5. The number of piperidine rings is 1. The molecule has 3 aromatic rings. The van der Waals surface area contributed by atoms with E-state index >= 15 is 0 Å². The first-order chi connectivity index (χ1) is 19.9. The fraction of sp³-hybridized carbons (Fsp3) is 0.367. The molecule has 0 aromatic heterocycles. The van der Waals surface area contributed by atoms with Crippen molar-refractivity contribution in [1.82, 2.24) is 9.21 Å². The van der Waals surface area contributed by atoms with E-state index < -0.39 is 44.3 Å². The van der Waals surface area contributed by atoms with Gasteiger partial charge in [-0.15, -0.1) is 0 Å². The second-order valence-corrected chi connectivity index (χ2v) is 13.0. The van der Waals surface area contributed by atoms with Crippen LogP contribution in [0.1, 0.15) is 29.0 Å². The smallest absolute Gasteiger partial charge is 0.368 e. The number of piperazine rings is 1. The van der Waals surface area contributed by atoms with E-state index in [0.29, 0.717) is 36.8 Å². The van der Waals surface area contributed by atoms with Gasteiger partial charge in [-0.3, -0.25) is 4.79 Å². The third kappa shape index (κ3) is 6.14. The fourth-order valence-corrected chi connectivity index (χ4v) is 7.75. The molecule has 3 aromatic carbocycles. The molecule has 42 heavy (non-hydrogen) atoms. The standard InChI is InChI=1S/C30H30ClF4N3O3S/c1-20-6-9-22(31)18-27(20)36-14-16-37(17-15-36)29(39)25-19-38(13-12-24(25)21-7-10-23(32)11-8-21)42(40,41)28-5-3-2-4-26(28)30(33,34)35/h2-11,18,24-25H,12-17,19H2,1H3/t24-,25-/m1/s1. The number of halogens is 5. The van der Waals surface area contributed by atoms with Gasteiger partial charge >= 0.3 is 6.18 Å². The van der Waals surface area contributed by atoms with Crippen LogP contribution in [0.25, 0.3) is 0 Å². The number of hydrogen-bond donors (Lipinski definition) is 0. The number of nitrogens with zero attached hydrogens (tertiary/aromatic N) is 3. The summed E-state index contributed by atoms with van der Waals surface area (Å²) in [7, 11) is -4.58. The van der Waals surface area contributed by atoms with Crippen LogP contribution in [0.5, 0.6) is 0 Å². The highest BCUT2D eigenvalue weighted by Crippen LogP contribution is 2.40. The minimum atomic E-state index is -4.87. The first-order valence-corrected chi connectivity index (χ1v) is 15.4. The zero-order valence-electron chi connectivity index (χ0n) is 22.8. The van der Waals surface area contributed by atoms with Crippen molar-refractivity contribution >= 4 is 33.2 Å². The Bertz CT molecular complexity index is 1560. The van der Waals surface area contributed by atoms with E-state index in [2.05, 4.69) is 4.90 Å². The second-order valence-electron chi connectivity index (χ2n) is 10.7. The molecule has 224 valence electrons. The van der Waals surface area contributed by atoms with Gasteiger partial charge in [0.25, 0.3) is 0 Å². The molecule has 2 saturated heterocycles. The zero-order valence-corrected chi connectivity index (χ0v) is 24.4. The highest BCUT2D eigenvalue weighted by Gasteiger charge is 2.44. The topological polar surface area (TPSA) is 60.9 Å². The van der Waals surface area contributed by atoms with Gasteiger partial charge < -0.3 is 9.80 Å². The van der Waals surface area contributed by atoms with Crippen molar-refractivity contribution in [3.8, 4) is 0 Å². The van der Waals surface area contributed by atoms with Crippen LogP contribution in [0.3, 0.4) is 0 Å². The Hall–Kier alpha value is -3.15. The van der Waals surface area contributed by atoms with Crippen molar-refractivity contribution in [2.45, 2.75) is 30.3 Å². The van der Waals surface area contributed by atoms with Gasteiger partial charge in [-0.2, -0.15) is 17.5 Å². The Balaban J connectivity index is 1.41. The molecule has 2 heterocycles. The van der Waals surface area contributed by atoms with Gasteiger partial charge in [0.1, 0.15) is 5.82 Å². The second kappa shape index (κ2) is 11.9. The maximum Gasteiger partial charge on any atom is 0.417 e. The third-order valence-electron chi connectivity index (χ3n) is 8.10. The summed E-state index contributed by atoms with van der Waals surface area (Å²) >= 11 is 6.20. The molecule has 2 fully saturated rings. The Labute approximate surface area is 247 Å². The number of aryl methyl sites for hydroxylation is 1. The molecule has 5 rings (SSSR count). The molecule has 1 amide bonds. The van der Waals surface area contributed by atoms with Gasteiger partial charge in [-0.1, -0.05) is 41.9 Å². The number of carbonyl (C=O) groups excluding carboxylic acids is 1. The predicted octanol–water partition coefficient (Wildman–Crippen LogP) is 5.95. The minimum absolute atomic E-state index is 0.0812. The maximum absolute atomic E-state index is 14.0. The van der Waals surface area contributed by atoms with Crippen LogP contribution in [-0.4, -0.2) is 62.8 Å². The van der Waals surface area contributed by atoms with E-state index in [1.165, 1.54) is 18.2 Å². The average molecular weight is 624 g/mol. The van der Waals surface area contributed by atoms with Crippen molar-refractivity contribution in [1.29, 1.82) is 0 Å². The number of amides is 1. The van der Waals surface area contributed by atoms with Crippen molar-refractivity contribution in [3.63, 3.8) is 0 Å². The summed E-state index contributed by atoms with van der Waals surface area (Å²) in [4.78, 5) is 17.0. The number of carbonyl (C=O) groups is 1. The first-order valence-electron chi connectivity index (χ1n) is 13.6. The monoisotopic (exact) mass is 623 g/mol. The quantitative estimate of drug-likeness (QED) is 0.330. The van der Waals surface area contributed by atoms with Crippen LogP contribution < -0.4 is 4.90 Å². The maximum atomic E-state index is 14.0. The molecule has 0 saturated carbocycles. The molecule has 0 unspecified atom stereocenters. The largest absolute Gasteiger partial charge is 0.417 e. The van der Waals surface area contributed by atoms with Crippen LogP contribution in [0.15, 0.2) is 71.6 Å². The van der Waals surface area contributed by atoms with E-state index in [9.17, 15) is 30.8 Å². The Kier molecular flexibility index (Phi) is 8.55. The predicted molar refractivity (Wildman–Crippen MR) is 152 cm³/mol. The Morgan fingerprint density at radius 1 is 0.929 bits per heavy atom. The summed E-state index contributed by atoms with van der Waals surface area (Å²) in [5.41, 5.74) is 1.44. The van der Waals surface area contributed by atoms with Crippen molar-refractivity contribution in [2.24, 2.45) is 5.92 Å². The highest BCUT2D eigenvalue weighted by molar-refractivity contribution is 7.89. The van der Waals surface area contributed by atoms with Crippen LogP contribution in [0.4, 0.5) is 23.2 Å². The molecular weight excluding hydrogens is 594 g/mol. The Morgan fingerprint density at radius 2 is 1.60 bits per heavy atom. The van der Waals surface area contributed by atoms with Gasteiger partial charge in [0.2, 0.25) is 15.9 Å². The lowest BCUT2D eigenvalue weighted by Gasteiger charge is -2.42. The molecule has 0 spiro atoms. The van der Waals surface area contributed by atoms with Crippen LogP contribution in [-0.2, 0) is 21.0 Å². The van der Waals surface area contributed by atoms with Crippen LogP contribution in [0, 0.1) is 18.7 Å². The van der Waals surface area contributed by atoms with Crippen molar-refractivity contribution < 1.29 is 30.8 Å². The summed E-state index contributed by atoms with van der Waals surface area (Å²) in [6.45, 7) is 3.42. The lowest BCUT2D eigenvalue weighted by atomic mass is 9.80. The number of anilines is 1. The normalized spacial score (nSPS) is 20.5. The number of alkyl halides is 3. The van der Waals surface area contributed by atoms with E-state index in [1.54, 1.807) is 17.0 Å². The minimum Gasteiger partial charge on any atom is -0.368 e. The number of sulfonamides is 1. The number of rotatable bonds is 5. The van der Waals surface area contributed by atoms with Gasteiger partial charge in [0.05, 0.1) is 16.4 Å².